The number of carbonyl (C=O) groups excluding carboxylic acids is 1. The smallest absolute Gasteiger partial charge is 0.315 e. The quantitative estimate of drug-likeness (QED) is 0.456. The average molecular weight is 419 g/mol. The topological polar surface area (TPSA) is 84.8 Å². The number of sulfonamides is 1. The molecule has 0 amide bonds. The number of ether oxygens (including phenoxy) is 1. The third kappa shape index (κ3) is 3.84. The first-order chi connectivity index (χ1) is 13.5. The van der Waals surface area contributed by atoms with E-state index in [9.17, 15) is 13.2 Å². The largest absolute Gasteiger partial charge is 0.468 e. The van der Waals surface area contributed by atoms with Crippen molar-refractivity contribution in [3.05, 3.63) is 41.5 Å². The van der Waals surface area contributed by atoms with Crippen LogP contribution in [0.5, 0.6) is 0 Å². The fourth-order valence-electron chi connectivity index (χ4n) is 4.92. The zero-order valence-electron chi connectivity index (χ0n) is 17.8. The summed E-state index contributed by atoms with van der Waals surface area (Å²) >= 11 is 0. The summed E-state index contributed by atoms with van der Waals surface area (Å²) in [5.74, 6) is -0.212. The number of carbonyl (C=O) groups is 1. The highest BCUT2D eigenvalue weighted by molar-refractivity contribution is 7.89. The fourth-order valence-corrected chi connectivity index (χ4v) is 5.75. The monoisotopic (exact) mass is 418 g/mol. The van der Waals surface area contributed by atoms with Gasteiger partial charge in [0.2, 0.25) is 0 Å². The summed E-state index contributed by atoms with van der Waals surface area (Å²) in [5.41, 5.74) is 1.84. The van der Waals surface area contributed by atoms with Gasteiger partial charge in [-0.25, -0.2) is 4.83 Å². The molecule has 2 atom stereocenters. The van der Waals surface area contributed by atoms with Gasteiger partial charge in [-0.2, -0.15) is 13.5 Å². The Kier molecular flexibility index (Phi) is 5.64. The molecule has 0 aliphatic heterocycles. The Morgan fingerprint density at radius 3 is 2.45 bits per heavy atom. The van der Waals surface area contributed by atoms with Crippen LogP contribution in [0.15, 0.2) is 45.9 Å². The van der Waals surface area contributed by atoms with Crippen LogP contribution in [0, 0.1) is 23.7 Å². The molecule has 1 fully saturated rings. The first-order valence-corrected chi connectivity index (χ1v) is 11.4. The number of hydrogen-bond donors (Lipinski definition) is 1. The van der Waals surface area contributed by atoms with E-state index in [-0.39, 0.29) is 16.8 Å². The highest BCUT2D eigenvalue weighted by atomic mass is 32.2. The number of hydrazone groups is 1. The molecule has 3 rings (SSSR count). The van der Waals surface area contributed by atoms with Crippen LogP contribution in [-0.2, 0) is 19.6 Å². The van der Waals surface area contributed by atoms with Gasteiger partial charge in [-0.05, 0) is 57.6 Å². The number of hydrogen-bond acceptors (Lipinski definition) is 5. The minimum atomic E-state index is -3.74. The van der Waals surface area contributed by atoms with Gasteiger partial charge in [-0.3, -0.25) is 4.79 Å². The van der Waals surface area contributed by atoms with E-state index in [4.69, 9.17) is 4.74 Å². The molecule has 0 saturated heterocycles. The van der Waals surface area contributed by atoms with Gasteiger partial charge >= 0.3 is 5.97 Å². The number of methoxy groups -OCH3 is 1. The van der Waals surface area contributed by atoms with E-state index < -0.39 is 20.9 Å². The molecule has 0 radical (unpaired) electrons. The SMILES string of the molecule is COC(=O)[C@]12C=C(C)CC[C@H]1C(C)(C)/C(=N/NS(=O)(=O)c1ccc(C)cc1)CC2. The lowest BCUT2D eigenvalue weighted by Gasteiger charge is -2.52. The summed E-state index contributed by atoms with van der Waals surface area (Å²) in [5, 5.41) is 4.34. The number of fused-ring (bicyclic) bond motifs is 1. The predicted molar refractivity (Wildman–Crippen MR) is 113 cm³/mol. The lowest BCUT2D eigenvalue weighted by Crippen LogP contribution is -2.53. The first kappa shape index (κ1) is 21.6. The van der Waals surface area contributed by atoms with Crippen LogP contribution in [0.3, 0.4) is 0 Å². The third-order valence-electron chi connectivity index (χ3n) is 6.54. The van der Waals surface area contributed by atoms with Crippen LogP contribution in [0.1, 0.15) is 52.0 Å². The van der Waals surface area contributed by atoms with E-state index in [1.807, 2.05) is 27.7 Å². The molecular weight excluding hydrogens is 388 g/mol. The van der Waals surface area contributed by atoms with E-state index in [1.165, 1.54) is 12.7 Å². The van der Waals surface area contributed by atoms with Gasteiger partial charge in [-0.15, -0.1) is 0 Å². The molecule has 0 bridgehead atoms. The lowest BCUT2D eigenvalue weighted by molar-refractivity contribution is -0.156. The normalized spacial score (nSPS) is 27.7. The van der Waals surface area contributed by atoms with E-state index in [1.54, 1.807) is 24.3 Å². The van der Waals surface area contributed by atoms with Crippen LogP contribution in [0.25, 0.3) is 0 Å². The maximum absolute atomic E-state index is 12.8. The molecule has 1 N–H and O–H groups in total. The molecule has 0 spiro atoms. The zero-order chi connectivity index (χ0) is 21.4. The van der Waals surface area contributed by atoms with Gasteiger partial charge in [0.1, 0.15) is 0 Å². The molecule has 0 aromatic heterocycles. The molecule has 0 heterocycles. The second-order valence-corrected chi connectivity index (χ2v) is 10.5. The second-order valence-electron chi connectivity index (χ2n) is 8.80. The summed E-state index contributed by atoms with van der Waals surface area (Å²) < 4.78 is 30.5. The molecule has 2 aliphatic carbocycles. The van der Waals surface area contributed by atoms with Crippen molar-refractivity contribution >= 4 is 21.7 Å². The Morgan fingerprint density at radius 1 is 1.17 bits per heavy atom. The molecule has 1 aromatic rings. The highest BCUT2D eigenvalue weighted by Crippen LogP contribution is 2.56. The van der Waals surface area contributed by atoms with Crippen molar-refractivity contribution in [2.45, 2.75) is 58.3 Å². The van der Waals surface area contributed by atoms with Crippen LogP contribution < -0.4 is 4.83 Å². The maximum Gasteiger partial charge on any atom is 0.315 e. The van der Waals surface area contributed by atoms with Crippen molar-refractivity contribution in [2.75, 3.05) is 7.11 Å². The summed E-state index contributed by atoms with van der Waals surface area (Å²) in [6, 6.07) is 6.66. The number of benzene rings is 1. The van der Waals surface area contributed by atoms with Crippen LogP contribution in [-0.4, -0.2) is 27.2 Å². The van der Waals surface area contributed by atoms with Gasteiger partial charge in [0.05, 0.1) is 17.4 Å². The van der Waals surface area contributed by atoms with Crippen molar-refractivity contribution in [3.63, 3.8) is 0 Å². The van der Waals surface area contributed by atoms with Crippen molar-refractivity contribution < 1.29 is 17.9 Å². The number of nitrogens with one attached hydrogen (secondary N) is 1. The Labute approximate surface area is 173 Å². The van der Waals surface area contributed by atoms with Gasteiger partial charge in [0.25, 0.3) is 10.0 Å². The lowest BCUT2D eigenvalue weighted by atomic mass is 9.51. The van der Waals surface area contributed by atoms with Gasteiger partial charge in [0, 0.05) is 11.1 Å². The van der Waals surface area contributed by atoms with Crippen molar-refractivity contribution in [2.24, 2.45) is 21.8 Å². The number of esters is 1. The molecule has 2 aliphatic rings. The fraction of sp³-hybridized carbons (Fsp3) is 0.545. The Balaban J connectivity index is 1.91. The Bertz CT molecular complexity index is 961. The summed E-state index contributed by atoms with van der Waals surface area (Å²) in [6.07, 6.45) is 4.92. The molecule has 1 saturated carbocycles. The van der Waals surface area contributed by atoms with Crippen LogP contribution in [0.4, 0.5) is 0 Å². The number of allylic oxidation sites excluding steroid dienone is 1. The average Bonchev–Trinajstić information content (AvgIpc) is 2.66. The van der Waals surface area contributed by atoms with Crippen LogP contribution in [0.2, 0.25) is 0 Å². The molecule has 0 unspecified atom stereocenters. The van der Waals surface area contributed by atoms with Gasteiger partial charge in [-0.1, -0.05) is 43.2 Å². The molecular formula is C22H30N2O4S. The molecule has 29 heavy (non-hydrogen) atoms. The van der Waals surface area contributed by atoms with Gasteiger partial charge in [0.15, 0.2) is 0 Å². The number of aryl methyl sites for hydroxylation is 1. The minimum Gasteiger partial charge on any atom is -0.468 e. The van der Waals surface area contributed by atoms with E-state index >= 15 is 0 Å². The number of rotatable bonds is 4. The van der Waals surface area contributed by atoms with Crippen molar-refractivity contribution in [1.82, 2.24) is 4.83 Å². The Morgan fingerprint density at radius 2 is 1.83 bits per heavy atom. The highest BCUT2D eigenvalue weighted by Gasteiger charge is 2.56. The molecule has 158 valence electrons. The van der Waals surface area contributed by atoms with Crippen molar-refractivity contribution in [3.8, 4) is 0 Å². The Hall–Kier alpha value is -2.15. The molecule has 7 heteroatoms. The van der Waals surface area contributed by atoms with Crippen LogP contribution >= 0.6 is 0 Å². The molecule has 1 aromatic carbocycles. The first-order valence-electron chi connectivity index (χ1n) is 9.95. The number of nitrogens with zero attached hydrogens (tertiary/aromatic N) is 1. The summed E-state index contributed by atoms with van der Waals surface area (Å²) in [4.78, 5) is 15.4. The summed E-state index contributed by atoms with van der Waals surface area (Å²) in [6.45, 7) is 8.04. The predicted octanol–water partition coefficient (Wildman–Crippen LogP) is 3.97. The third-order valence-corrected chi connectivity index (χ3v) is 7.77. The van der Waals surface area contributed by atoms with Gasteiger partial charge < -0.3 is 4.74 Å². The van der Waals surface area contributed by atoms with E-state index in [0.717, 1.165) is 24.1 Å². The second kappa shape index (κ2) is 7.59. The maximum atomic E-state index is 12.8. The van der Waals surface area contributed by atoms with Crippen molar-refractivity contribution in [1.29, 1.82) is 0 Å². The van der Waals surface area contributed by atoms with E-state index in [2.05, 4.69) is 16.0 Å². The van der Waals surface area contributed by atoms with E-state index in [0.29, 0.717) is 12.8 Å². The zero-order valence-corrected chi connectivity index (χ0v) is 18.6. The standard InChI is InChI=1S/C22H30N2O4S/c1-15-6-9-17(10-7-15)29(26,27)24-23-19-12-13-22(20(25)28-5)14-16(2)8-11-18(22)21(19,3)4/h6-7,9-10,14,18,24H,8,11-13H2,1-5H3/b23-19+/t18-,22+/m0/s1. The minimum absolute atomic E-state index is 0.00234. The summed E-state index contributed by atoms with van der Waals surface area (Å²) in [7, 11) is -2.31. The molecule has 6 nitrogen and oxygen atoms in total.